The van der Waals surface area contributed by atoms with Crippen LogP contribution in [-0.2, 0) is 9.59 Å². The number of nitrogens with one attached hydrogen (secondary N) is 1. The van der Waals surface area contributed by atoms with E-state index >= 15 is 0 Å². The first kappa shape index (κ1) is 19.1. The lowest BCUT2D eigenvalue weighted by Gasteiger charge is -2.23. The van der Waals surface area contributed by atoms with E-state index in [-0.39, 0.29) is 18.4 Å². The standard InChI is InChI=1S/C19H22N2O5/c1-13(22)21(16-7-5-6-8-17(16)25-3)12-19(23)20-15-10-9-14(24-2)11-18(15)26-4/h5-11H,12H2,1-4H3,(H,20,23). The molecule has 0 fully saturated rings. The average Bonchev–Trinajstić information content (AvgIpc) is 2.66. The van der Waals surface area contributed by atoms with Crippen molar-refractivity contribution in [2.75, 3.05) is 38.1 Å². The molecule has 1 N–H and O–H groups in total. The monoisotopic (exact) mass is 358 g/mol. The summed E-state index contributed by atoms with van der Waals surface area (Å²) < 4.78 is 15.7. The van der Waals surface area contributed by atoms with Crippen LogP contribution in [0.2, 0.25) is 0 Å². The zero-order valence-corrected chi connectivity index (χ0v) is 15.2. The van der Waals surface area contributed by atoms with Gasteiger partial charge >= 0.3 is 0 Å². The Kier molecular flexibility index (Phi) is 6.43. The highest BCUT2D eigenvalue weighted by molar-refractivity contribution is 6.03. The summed E-state index contributed by atoms with van der Waals surface area (Å²) in [6.07, 6.45) is 0. The Labute approximate surface area is 152 Å². The number of benzene rings is 2. The molecule has 0 bridgehead atoms. The molecule has 0 saturated heterocycles. The molecule has 0 unspecified atom stereocenters. The fourth-order valence-electron chi connectivity index (χ4n) is 2.45. The molecule has 2 aromatic carbocycles. The topological polar surface area (TPSA) is 77.1 Å². The van der Waals surface area contributed by atoms with Gasteiger partial charge in [0.2, 0.25) is 11.8 Å². The van der Waals surface area contributed by atoms with Crippen LogP contribution in [0.4, 0.5) is 11.4 Å². The predicted octanol–water partition coefficient (Wildman–Crippen LogP) is 2.70. The Morgan fingerprint density at radius 3 is 2.27 bits per heavy atom. The molecule has 138 valence electrons. The number of hydrogen-bond acceptors (Lipinski definition) is 5. The second-order valence-electron chi connectivity index (χ2n) is 5.39. The molecule has 2 rings (SSSR count). The lowest BCUT2D eigenvalue weighted by atomic mass is 10.2. The van der Waals surface area contributed by atoms with Crippen molar-refractivity contribution in [3.63, 3.8) is 0 Å². The molecular formula is C19H22N2O5. The molecular weight excluding hydrogens is 336 g/mol. The van der Waals surface area contributed by atoms with Gasteiger partial charge in [0.05, 0.1) is 32.7 Å². The van der Waals surface area contributed by atoms with Crippen molar-refractivity contribution in [2.24, 2.45) is 0 Å². The highest BCUT2D eigenvalue weighted by Crippen LogP contribution is 2.30. The minimum atomic E-state index is -0.366. The minimum Gasteiger partial charge on any atom is -0.497 e. The second kappa shape index (κ2) is 8.75. The van der Waals surface area contributed by atoms with Gasteiger partial charge < -0.3 is 19.5 Å². The van der Waals surface area contributed by atoms with E-state index in [0.717, 1.165) is 0 Å². The second-order valence-corrected chi connectivity index (χ2v) is 5.39. The maximum Gasteiger partial charge on any atom is 0.244 e. The summed E-state index contributed by atoms with van der Waals surface area (Å²) in [5.74, 6) is 0.946. The number of amides is 2. The molecule has 0 aliphatic heterocycles. The smallest absolute Gasteiger partial charge is 0.244 e. The number of hydrogen-bond donors (Lipinski definition) is 1. The first-order chi connectivity index (χ1) is 12.5. The number of carbonyl (C=O) groups is 2. The van der Waals surface area contributed by atoms with Crippen LogP contribution in [-0.4, -0.2) is 39.7 Å². The molecule has 0 radical (unpaired) electrons. The van der Waals surface area contributed by atoms with E-state index < -0.39 is 0 Å². The number of anilines is 2. The number of ether oxygens (including phenoxy) is 3. The van der Waals surface area contributed by atoms with E-state index in [2.05, 4.69) is 5.32 Å². The summed E-state index contributed by atoms with van der Waals surface area (Å²) >= 11 is 0. The van der Waals surface area contributed by atoms with Crippen LogP contribution in [0.5, 0.6) is 17.2 Å². The van der Waals surface area contributed by atoms with Crippen molar-refractivity contribution in [1.82, 2.24) is 0 Å². The molecule has 0 saturated carbocycles. The van der Waals surface area contributed by atoms with Gasteiger partial charge in [0.15, 0.2) is 0 Å². The van der Waals surface area contributed by atoms with Crippen molar-refractivity contribution in [3.05, 3.63) is 42.5 Å². The van der Waals surface area contributed by atoms with Gasteiger partial charge in [-0.3, -0.25) is 14.5 Å². The van der Waals surface area contributed by atoms with Gasteiger partial charge in [-0.15, -0.1) is 0 Å². The molecule has 0 atom stereocenters. The molecule has 0 aliphatic rings. The first-order valence-corrected chi connectivity index (χ1v) is 7.93. The van der Waals surface area contributed by atoms with Crippen LogP contribution in [0, 0.1) is 0 Å². The first-order valence-electron chi connectivity index (χ1n) is 7.93. The summed E-state index contributed by atoms with van der Waals surface area (Å²) in [7, 11) is 4.56. The van der Waals surface area contributed by atoms with Crippen molar-refractivity contribution < 1.29 is 23.8 Å². The summed E-state index contributed by atoms with van der Waals surface area (Å²) in [5, 5.41) is 2.75. The fourth-order valence-corrected chi connectivity index (χ4v) is 2.45. The number of methoxy groups -OCH3 is 3. The Morgan fingerprint density at radius 1 is 0.962 bits per heavy atom. The van der Waals surface area contributed by atoms with Crippen molar-refractivity contribution in [2.45, 2.75) is 6.92 Å². The van der Waals surface area contributed by atoms with E-state index in [1.54, 1.807) is 49.6 Å². The van der Waals surface area contributed by atoms with Crippen LogP contribution in [0.3, 0.4) is 0 Å². The Balaban J connectivity index is 2.20. The van der Waals surface area contributed by atoms with E-state index in [9.17, 15) is 9.59 Å². The van der Waals surface area contributed by atoms with Crippen LogP contribution >= 0.6 is 0 Å². The summed E-state index contributed by atoms with van der Waals surface area (Å²) in [4.78, 5) is 25.9. The molecule has 2 aromatic rings. The average molecular weight is 358 g/mol. The van der Waals surface area contributed by atoms with Crippen molar-refractivity contribution >= 4 is 23.2 Å². The SMILES string of the molecule is COc1ccc(NC(=O)CN(C(C)=O)c2ccccc2OC)c(OC)c1. The predicted molar refractivity (Wildman–Crippen MR) is 99.2 cm³/mol. The normalized spacial score (nSPS) is 10.0. The van der Waals surface area contributed by atoms with Crippen LogP contribution in [0.1, 0.15) is 6.92 Å². The number of nitrogens with zero attached hydrogens (tertiary/aromatic N) is 1. The molecule has 0 heterocycles. The fraction of sp³-hybridized carbons (Fsp3) is 0.263. The van der Waals surface area contributed by atoms with Gasteiger partial charge in [0.25, 0.3) is 0 Å². The number of para-hydroxylation sites is 2. The lowest BCUT2D eigenvalue weighted by Crippen LogP contribution is -2.37. The van der Waals surface area contributed by atoms with Crippen molar-refractivity contribution in [3.8, 4) is 17.2 Å². The molecule has 0 spiro atoms. The minimum absolute atomic E-state index is 0.162. The van der Waals surface area contributed by atoms with Crippen LogP contribution in [0.15, 0.2) is 42.5 Å². The zero-order valence-electron chi connectivity index (χ0n) is 15.2. The largest absolute Gasteiger partial charge is 0.497 e. The lowest BCUT2D eigenvalue weighted by molar-refractivity contribution is -0.120. The quantitative estimate of drug-likeness (QED) is 0.823. The third kappa shape index (κ3) is 4.44. The van der Waals surface area contributed by atoms with Gasteiger partial charge in [-0.05, 0) is 24.3 Å². The van der Waals surface area contributed by atoms with Gasteiger partial charge in [-0.1, -0.05) is 12.1 Å². The molecule has 2 amide bonds. The van der Waals surface area contributed by atoms with Crippen LogP contribution in [0.25, 0.3) is 0 Å². The summed E-state index contributed by atoms with van der Waals surface area (Å²) in [6, 6.07) is 12.1. The highest BCUT2D eigenvalue weighted by atomic mass is 16.5. The zero-order chi connectivity index (χ0) is 19.1. The molecule has 0 aliphatic carbocycles. The maximum absolute atomic E-state index is 12.5. The molecule has 26 heavy (non-hydrogen) atoms. The maximum atomic E-state index is 12.5. The van der Waals surface area contributed by atoms with Crippen LogP contribution < -0.4 is 24.4 Å². The summed E-state index contributed by atoms with van der Waals surface area (Å²) in [6.45, 7) is 1.23. The van der Waals surface area contributed by atoms with E-state index in [0.29, 0.717) is 28.6 Å². The van der Waals surface area contributed by atoms with E-state index in [1.165, 1.54) is 26.0 Å². The Bertz CT molecular complexity index is 791. The third-order valence-electron chi connectivity index (χ3n) is 3.74. The van der Waals surface area contributed by atoms with Crippen molar-refractivity contribution in [1.29, 1.82) is 0 Å². The molecule has 0 aromatic heterocycles. The van der Waals surface area contributed by atoms with E-state index in [1.807, 2.05) is 0 Å². The molecule has 7 heteroatoms. The highest BCUT2D eigenvalue weighted by Gasteiger charge is 2.20. The van der Waals surface area contributed by atoms with E-state index in [4.69, 9.17) is 14.2 Å². The Hall–Kier alpha value is -3.22. The van der Waals surface area contributed by atoms with Gasteiger partial charge in [-0.2, -0.15) is 0 Å². The van der Waals surface area contributed by atoms with Gasteiger partial charge in [0.1, 0.15) is 23.8 Å². The third-order valence-corrected chi connectivity index (χ3v) is 3.74. The van der Waals surface area contributed by atoms with Gasteiger partial charge in [0, 0.05) is 13.0 Å². The Morgan fingerprint density at radius 2 is 1.65 bits per heavy atom. The number of rotatable bonds is 7. The summed E-state index contributed by atoms with van der Waals surface area (Å²) in [5.41, 5.74) is 1.01. The van der Waals surface area contributed by atoms with Gasteiger partial charge in [-0.25, -0.2) is 0 Å². The molecule has 7 nitrogen and oxygen atoms in total. The number of carbonyl (C=O) groups excluding carboxylic acids is 2.